The highest BCUT2D eigenvalue weighted by atomic mass is 16.5. The van der Waals surface area contributed by atoms with Gasteiger partial charge in [0.15, 0.2) is 0 Å². The summed E-state index contributed by atoms with van der Waals surface area (Å²) in [5.74, 6) is 1.35. The fraction of sp³-hybridized carbons (Fsp3) is 1.00. The molecule has 2 unspecified atom stereocenters. The summed E-state index contributed by atoms with van der Waals surface area (Å²) in [4.78, 5) is 0. The van der Waals surface area contributed by atoms with Crippen LogP contribution < -0.4 is 5.32 Å². The average Bonchev–Trinajstić information content (AvgIpc) is 2.27. The van der Waals surface area contributed by atoms with Gasteiger partial charge in [0.05, 0.1) is 11.7 Å². The van der Waals surface area contributed by atoms with Crippen molar-refractivity contribution < 1.29 is 4.74 Å². The number of hydrogen-bond acceptors (Lipinski definition) is 2. The highest BCUT2D eigenvalue weighted by molar-refractivity contribution is 4.94. The molecule has 0 amide bonds. The maximum atomic E-state index is 6.49. The van der Waals surface area contributed by atoms with Gasteiger partial charge in [-0.25, -0.2) is 0 Å². The van der Waals surface area contributed by atoms with Crippen molar-refractivity contribution >= 4 is 0 Å². The van der Waals surface area contributed by atoms with Crippen molar-refractivity contribution in [3.63, 3.8) is 0 Å². The Labute approximate surface area is 108 Å². The van der Waals surface area contributed by atoms with E-state index in [0.717, 1.165) is 25.8 Å². The van der Waals surface area contributed by atoms with Crippen LogP contribution in [0.1, 0.15) is 60.8 Å². The highest BCUT2D eigenvalue weighted by Crippen LogP contribution is 2.31. The molecular weight excluding hydrogens is 210 g/mol. The molecule has 2 nitrogen and oxygen atoms in total. The summed E-state index contributed by atoms with van der Waals surface area (Å²) < 4.78 is 6.49. The van der Waals surface area contributed by atoms with Gasteiger partial charge in [-0.05, 0) is 31.1 Å². The Morgan fingerprint density at radius 2 is 1.76 bits per heavy atom. The Kier molecular flexibility index (Phi) is 5.46. The fourth-order valence-electron chi connectivity index (χ4n) is 2.86. The molecule has 1 N–H and O–H groups in total. The van der Waals surface area contributed by atoms with E-state index < -0.39 is 0 Å². The molecular formula is C15H31NO. The molecule has 0 aromatic carbocycles. The van der Waals surface area contributed by atoms with Crippen LogP contribution >= 0.6 is 0 Å². The second-order valence-corrected chi connectivity index (χ2v) is 6.33. The Balaban J connectivity index is 2.75. The molecule has 1 aliphatic heterocycles. The van der Waals surface area contributed by atoms with Crippen molar-refractivity contribution in [3.05, 3.63) is 0 Å². The second-order valence-electron chi connectivity index (χ2n) is 6.33. The molecule has 0 saturated carbocycles. The van der Waals surface area contributed by atoms with Gasteiger partial charge in [0, 0.05) is 12.6 Å². The van der Waals surface area contributed by atoms with E-state index in [4.69, 9.17) is 4.74 Å². The third-order valence-electron chi connectivity index (χ3n) is 4.17. The molecule has 102 valence electrons. The van der Waals surface area contributed by atoms with Crippen LogP contribution in [-0.4, -0.2) is 24.3 Å². The largest absolute Gasteiger partial charge is 0.369 e. The smallest absolute Gasteiger partial charge is 0.0805 e. The minimum absolute atomic E-state index is 0.0744. The normalized spacial score (nSPS) is 28.9. The quantitative estimate of drug-likeness (QED) is 0.794. The van der Waals surface area contributed by atoms with Crippen LogP contribution in [0.15, 0.2) is 0 Å². The first kappa shape index (κ1) is 15.0. The average molecular weight is 241 g/mol. The van der Waals surface area contributed by atoms with Crippen molar-refractivity contribution in [2.75, 3.05) is 6.54 Å². The molecule has 1 rings (SSSR count). The minimum atomic E-state index is 0.0744. The molecule has 2 atom stereocenters. The Morgan fingerprint density at radius 3 is 2.18 bits per heavy atom. The molecule has 0 radical (unpaired) electrons. The summed E-state index contributed by atoms with van der Waals surface area (Å²) in [6.45, 7) is 14.7. The second kappa shape index (κ2) is 6.19. The first-order valence-electron chi connectivity index (χ1n) is 7.35. The summed E-state index contributed by atoms with van der Waals surface area (Å²) in [5, 5.41) is 3.74. The summed E-state index contributed by atoms with van der Waals surface area (Å²) in [6, 6.07) is 0.517. The molecule has 0 bridgehead atoms. The molecule has 17 heavy (non-hydrogen) atoms. The van der Waals surface area contributed by atoms with E-state index in [1.165, 1.54) is 0 Å². The maximum Gasteiger partial charge on any atom is 0.0805 e. The van der Waals surface area contributed by atoms with Crippen LogP contribution in [0, 0.1) is 11.8 Å². The number of hydrogen-bond donors (Lipinski definition) is 1. The molecule has 0 aromatic heterocycles. The lowest BCUT2D eigenvalue weighted by Gasteiger charge is -2.47. The van der Waals surface area contributed by atoms with Gasteiger partial charge in [-0.1, -0.05) is 41.5 Å². The molecule has 2 heteroatoms. The van der Waals surface area contributed by atoms with Crippen LogP contribution in [0.2, 0.25) is 0 Å². The Hall–Kier alpha value is -0.0800. The predicted octanol–water partition coefficient (Wildman–Crippen LogP) is 3.60. The molecule has 0 aliphatic carbocycles. The Morgan fingerprint density at radius 1 is 1.18 bits per heavy atom. The van der Waals surface area contributed by atoms with Gasteiger partial charge in [-0.3, -0.25) is 0 Å². The third-order valence-corrected chi connectivity index (χ3v) is 4.17. The number of nitrogens with one attached hydrogen (secondary N) is 1. The van der Waals surface area contributed by atoms with Crippen molar-refractivity contribution in [2.45, 2.75) is 78.6 Å². The van der Waals surface area contributed by atoms with Gasteiger partial charge in [0.1, 0.15) is 0 Å². The van der Waals surface area contributed by atoms with E-state index in [1.807, 2.05) is 0 Å². The van der Waals surface area contributed by atoms with Gasteiger partial charge in [0.2, 0.25) is 0 Å². The first-order valence-corrected chi connectivity index (χ1v) is 7.35. The minimum Gasteiger partial charge on any atom is -0.369 e. The zero-order chi connectivity index (χ0) is 13.1. The molecule has 0 spiro atoms. The predicted molar refractivity (Wildman–Crippen MR) is 74.3 cm³/mol. The summed E-state index contributed by atoms with van der Waals surface area (Å²) in [6.07, 6.45) is 3.76. The third kappa shape index (κ3) is 3.69. The molecule has 1 aliphatic rings. The zero-order valence-electron chi connectivity index (χ0n) is 12.5. The van der Waals surface area contributed by atoms with Crippen LogP contribution in [0.4, 0.5) is 0 Å². The lowest BCUT2D eigenvalue weighted by atomic mass is 9.86. The molecule has 0 aromatic rings. The van der Waals surface area contributed by atoms with Crippen LogP contribution in [0.5, 0.6) is 0 Å². The van der Waals surface area contributed by atoms with Gasteiger partial charge < -0.3 is 10.1 Å². The topological polar surface area (TPSA) is 21.3 Å². The van der Waals surface area contributed by atoms with Crippen molar-refractivity contribution in [3.8, 4) is 0 Å². The van der Waals surface area contributed by atoms with Crippen molar-refractivity contribution in [2.24, 2.45) is 11.8 Å². The zero-order valence-corrected chi connectivity index (χ0v) is 12.5. The fourth-order valence-corrected chi connectivity index (χ4v) is 2.86. The molecule has 1 fully saturated rings. The summed E-state index contributed by atoms with van der Waals surface area (Å²) >= 11 is 0. The van der Waals surface area contributed by atoms with E-state index in [-0.39, 0.29) is 5.60 Å². The van der Waals surface area contributed by atoms with E-state index >= 15 is 0 Å². The standard InChI is InChI=1S/C15H31NO/c1-7-15(8-2)10-16-14(12(5)6)13(17-15)9-11(3)4/h11-14,16H,7-10H2,1-6H3. The maximum absolute atomic E-state index is 6.49. The van der Waals surface area contributed by atoms with Crippen molar-refractivity contribution in [1.29, 1.82) is 0 Å². The lowest BCUT2D eigenvalue weighted by Crippen LogP contribution is -2.60. The van der Waals surface area contributed by atoms with Crippen LogP contribution in [0.3, 0.4) is 0 Å². The van der Waals surface area contributed by atoms with E-state index in [9.17, 15) is 0 Å². The first-order chi connectivity index (χ1) is 7.94. The van der Waals surface area contributed by atoms with Gasteiger partial charge in [-0.15, -0.1) is 0 Å². The van der Waals surface area contributed by atoms with Crippen LogP contribution in [0.25, 0.3) is 0 Å². The number of rotatable bonds is 5. The molecule has 1 saturated heterocycles. The van der Waals surface area contributed by atoms with Crippen LogP contribution in [-0.2, 0) is 4.74 Å². The Bertz CT molecular complexity index is 221. The lowest BCUT2D eigenvalue weighted by molar-refractivity contribution is -0.150. The highest BCUT2D eigenvalue weighted by Gasteiger charge is 2.40. The van der Waals surface area contributed by atoms with Gasteiger partial charge in [0.25, 0.3) is 0 Å². The summed E-state index contributed by atoms with van der Waals surface area (Å²) in [5.41, 5.74) is 0.0744. The summed E-state index contributed by atoms with van der Waals surface area (Å²) in [7, 11) is 0. The van der Waals surface area contributed by atoms with E-state index in [1.54, 1.807) is 0 Å². The van der Waals surface area contributed by atoms with E-state index in [2.05, 4.69) is 46.9 Å². The van der Waals surface area contributed by atoms with E-state index in [0.29, 0.717) is 24.0 Å². The number of ether oxygens (including phenoxy) is 1. The van der Waals surface area contributed by atoms with Gasteiger partial charge in [-0.2, -0.15) is 0 Å². The van der Waals surface area contributed by atoms with Gasteiger partial charge >= 0.3 is 0 Å². The monoisotopic (exact) mass is 241 g/mol. The molecule has 1 heterocycles. The number of morpholine rings is 1. The van der Waals surface area contributed by atoms with Crippen molar-refractivity contribution in [1.82, 2.24) is 5.32 Å². The SMILES string of the molecule is CCC1(CC)CNC(C(C)C)C(CC(C)C)O1.